The van der Waals surface area contributed by atoms with E-state index in [4.69, 9.17) is 14.2 Å². The molecule has 0 radical (unpaired) electrons. The van der Waals surface area contributed by atoms with E-state index in [2.05, 4.69) is 28.0 Å². The van der Waals surface area contributed by atoms with Crippen LogP contribution in [-0.2, 0) is 4.74 Å². The zero-order chi connectivity index (χ0) is 16.8. The molecule has 0 unspecified atom stereocenters. The van der Waals surface area contributed by atoms with E-state index >= 15 is 0 Å². The van der Waals surface area contributed by atoms with E-state index in [0.29, 0.717) is 18.8 Å². The summed E-state index contributed by atoms with van der Waals surface area (Å²) in [6.45, 7) is 6.08. The number of hydrogen-bond acceptors (Lipinski definition) is 5. The quantitative estimate of drug-likeness (QED) is 0.766. The second-order valence-corrected chi connectivity index (χ2v) is 7.92. The molecule has 3 atom stereocenters. The van der Waals surface area contributed by atoms with Gasteiger partial charge in [0, 0.05) is 44.8 Å². The van der Waals surface area contributed by atoms with Gasteiger partial charge in [0.25, 0.3) is 0 Å². The van der Waals surface area contributed by atoms with E-state index in [1.807, 2.05) is 0 Å². The lowest BCUT2D eigenvalue weighted by Crippen LogP contribution is -2.60. The van der Waals surface area contributed by atoms with Gasteiger partial charge in [-0.2, -0.15) is 0 Å². The highest BCUT2D eigenvalue weighted by Gasteiger charge is 2.53. The smallest absolute Gasteiger partial charge is 0.231 e. The van der Waals surface area contributed by atoms with Gasteiger partial charge in [0.1, 0.15) is 0 Å². The highest BCUT2D eigenvalue weighted by atomic mass is 16.7. The molecule has 5 heteroatoms. The number of piperidine rings is 3. The molecule has 25 heavy (non-hydrogen) atoms. The topological polar surface area (TPSA) is 34.2 Å². The van der Waals surface area contributed by atoms with Crippen molar-refractivity contribution in [2.24, 2.45) is 5.92 Å². The predicted molar refractivity (Wildman–Crippen MR) is 95.2 cm³/mol. The zero-order valence-electron chi connectivity index (χ0n) is 15.0. The maximum atomic E-state index is 5.64. The first-order valence-electron chi connectivity index (χ1n) is 9.72. The molecule has 5 aliphatic rings. The van der Waals surface area contributed by atoms with Crippen molar-refractivity contribution in [3.63, 3.8) is 0 Å². The summed E-state index contributed by atoms with van der Waals surface area (Å²) in [5.74, 6) is 3.25. The fourth-order valence-electron chi connectivity index (χ4n) is 5.64. The molecule has 0 saturated carbocycles. The summed E-state index contributed by atoms with van der Waals surface area (Å²) in [7, 11) is 1.80. The lowest BCUT2D eigenvalue weighted by Gasteiger charge is -2.51. The van der Waals surface area contributed by atoms with Crippen molar-refractivity contribution in [1.29, 1.82) is 0 Å². The first-order valence-corrected chi connectivity index (χ1v) is 9.72. The van der Waals surface area contributed by atoms with Crippen LogP contribution < -0.4 is 9.47 Å². The van der Waals surface area contributed by atoms with E-state index in [0.717, 1.165) is 49.6 Å². The molecule has 4 fully saturated rings. The Morgan fingerprint density at radius 3 is 2.80 bits per heavy atom. The van der Waals surface area contributed by atoms with Crippen LogP contribution in [0.15, 0.2) is 18.2 Å². The minimum Gasteiger partial charge on any atom is -0.454 e. The molecule has 0 spiro atoms. The number of ether oxygens (including phenoxy) is 3. The number of nitrogens with zero attached hydrogens (tertiary/aromatic N) is 2. The molecule has 5 heterocycles. The zero-order valence-corrected chi connectivity index (χ0v) is 15.0. The van der Waals surface area contributed by atoms with Crippen LogP contribution >= 0.6 is 0 Å². The number of hydrogen-bond donors (Lipinski definition) is 0. The van der Waals surface area contributed by atoms with Gasteiger partial charge in [0.2, 0.25) is 6.79 Å². The molecule has 5 aliphatic heterocycles. The van der Waals surface area contributed by atoms with Crippen molar-refractivity contribution in [1.82, 2.24) is 9.80 Å². The lowest BCUT2D eigenvalue weighted by molar-refractivity contribution is -0.00804. The van der Waals surface area contributed by atoms with Crippen LogP contribution in [0.4, 0.5) is 0 Å². The fourth-order valence-corrected chi connectivity index (χ4v) is 5.64. The van der Waals surface area contributed by atoms with Gasteiger partial charge in [-0.3, -0.25) is 9.80 Å². The molecular formula is C20H28N2O3. The van der Waals surface area contributed by atoms with E-state index in [1.165, 1.54) is 31.5 Å². The van der Waals surface area contributed by atoms with Crippen molar-refractivity contribution in [2.45, 2.75) is 37.3 Å². The van der Waals surface area contributed by atoms with E-state index in [9.17, 15) is 0 Å². The number of rotatable bonds is 5. The molecule has 136 valence electrons. The van der Waals surface area contributed by atoms with Gasteiger partial charge in [-0.1, -0.05) is 6.07 Å². The Bertz CT molecular complexity index is 629. The molecule has 5 nitrogen and oxygen atoms in total. The molecule has 0 aliphatic carbocycles. The Hall–Kier alpha value is -1.30. The van der Waals surface area contributed by atoms with Gasteiger partial charge < -0.3 is 14.2 Å². The molecule has 1 aromatic rings. The van der Waals surface area contributed by atoms with Crippen LogP contribution in [0.3, 0.4) is 0 Å². The Kier molecular flexibility index (Phi) is 4.11. The van der Waals surface area contributed by atoms with Crippen LogP contribution in [0, 0.1) is 5.92 Å². The molecule has 2 bridgehead atoms. The van der Waals surface area contributed by atoms with Crippen LogP contribution in [-0.4, -0.2) is 68.6 Å². The van der Waals surface area contributed by atoms with Crippen molar-refractivity contribution in [3.05, 3.63) is 23.8 Å². The van der Waals surface area contributed by atoms with Crippen molar-refractivity contribution < 1.29 is 14.2 Å². The number of benzene rings is 1. The Morgan fingerprint density at radius 2 is 1.96 bits per heavy atom. The second-order valence-electron chi connectivity index (χ2n) is 7.92. The first-order chi connectivity index (χ1) is 12.3. The largest absolute Gasteiger partial charge is 0.454 e. The standard InChI is InChI=1S/C20H28N2O3/c1-23-10-2-7-22-12-16(15-3-4-17-18(11-15)25-13-24-17)20-19(22)14-5-8-21(20)9-6-14/h3-4,11,14,16,19-20H,2,5-10,12-13H2,1H3/t16-,19-,20-/m1/s1. The minimum atomic E-state index is 0.354. The summed E-state index contributed by atoms with van der Waals surface area (Å²) in [5.41, 5.74) is 1.42. The SMILES string of the molecule is COCCCN1C[C@H](c2ccc3c(c2)OCO3)[C@@H]2[C@H]1C1CCN2CC1. The summed E-state index contributed by atoms with van der Waals surface area (Å²) < 4.78 is 16.4. The van der Waals surface area contributed by atoms with Crippen LogP contribution in [0.25, 0.3) is 0 Å². The highest BCUT2D eigenvalue weighted by molar-refractivity contribution is 5.46. The molecule has 0 amide bonds. The van der Waals surface area contributed by atoms with Gasteiger partial charge >= 0.3 is 0 Å². The molecule has 6 rings (SSSR count). The molecule has 0 aromatic heterocycles. The Labute approximate surface area is 149 Å². The lowest BCUT2D eigenvalue weighted by atomic mass is 9.75. The maximum Gasteiger partial charge on any atom is 0.231 e. The van der Waals surface area contributed by atoms with Crippen molar-refractivity contribution >= 4 is 0 Å². The van der Waals surface area contributed by atoms with E-state index in [1.54, 1.807) is 7.11 Å². The van der Waals surface area contributed by atoms with Crippen molar-refractivity contribution in [2.75, 3.05) is 46.7 Å². The van der Waals surface area contributed by atoms with Gasteiger partial charge in [-0.15, -0.1) is 0 Å². The fraction of sp³-hybridized carbons (Fsp3) is 0.700. The van der Waals surface area contributed by atoms with Gasteiger partial charge in [0.15, 0.2) is 11.5 Å². The monoisotopic (exact) mass is 344 g/mol. The highest BCUT2D eigenvalue weighted by Crippen LogP contribution is 2.47. The van der Waals surface area contributed by atoms with Crippen LogP contribution in [0.2, 0.25) is 0 Å². The second kappa shape index (κ2) is 6.45. The van der Waals surface area contributed by atoms with E-state index in [-0.39, 0.29) is 0 Å². The van der Waals surface area contributed by atoms with Crippen molar-refractivity contribution in [3.8, 4) is 11.5 Å². The maximum absolute atomic E-state index is 5.64. The average molecular weight is 344 g/mol. The third-order valence-electron chi connectivity index (χ3n) is 6.71. The van der Waals surface area contributed by atoms with Gasteiger partial charge in [-0.05, 0) is 56.0 Å². The Balaban J connectivity index is 1.43. The minimum absolute atomic E-state index is 0.354. The third kappa shape index (κ3) is 2.64. The predicted octanol–water partition coefficient (Wildman–Crippen LogP) is 2.31. The summed E-state index contributed by atoms with van der Waals surface area (Å²) in [6.07, 6.45) is 3.87. The summed E-state index contributed by atoms with van der Waals surface area (Å²) >= 11 is 0. The first kappa shape index (κ1) is 15.9. The summed E-state index contributed by atoms with van der Waals surface area (Å²) in [5, 5.41) is 0. The summed E-state index contributed by atoms with van der Waals surface area (Å²) in [6, 6.07) is 7.96. The number of likely N-dealkylation sites (tertiary alicyclic amines) is 1. The molecule has 1 aromatic carbocycles. The number of methoxy groups -OCH3 is 1. The summed E-state index contributed by atoms with van der Waals surface area (Å²) in [4.78, 5) is 5.52. The van der Waals surface area contributed by atoms with Crippen LogP contribution in [0.5, 0.6) is 11.5 Å². The van der Waals surface area contributed by atoms with E-state index < -0.39 is 0 Å². The van der Waals surface area contributed by atoms with Gasteiger partial charge in [0.05, 0.1) is 0 Å². The van der Waals surface area contributed by atoms with Crippen LogP contribution in [0.1, 0.15) is 30.7 Å². The molecule has 0 N–H and O–H groups in total. The molecular weight excluding hydrogens is 316 g/mol. The normalized spacial score (nSPS) is 36.0. The molecule has 4 saturated heterocycles. The average Bonchev–Trinajstić information content (AvgIpc) is 3.28. The Morgan fingerprint density at radius 1 is 1.12 bits per heavy atom. The third-order valence-corrected chi connectivity index (χ3v) is 6.71. The number of fused-ring (bicyclic) bond motifs is 3. The van der Waals surface area contributed by atoms with Gasteiger partial charge in [-0.25, -0.2) is 0 Å².